The maximum absolute atomic E-state index is 12.2. The van der Waals surface area contributed by atoms with Crippen molar-refractivity contribution in [1.82, 2.24) is 9.80 Å². The van der Waals surface area contributed by atoms with Crippen LogP contribution in [-0.2, 0) is 4.74 Å². The second-order valence-corrected chi connectivity index (χ2v) is 5.22. The van der Waals surface area contributed by atoms with Crippen LogP contribution in [0.25, 0.3) is 0 Å². The number of carbonyl (C=O) groups is 1. The summed E-state index contributed by atoms with van der Waals surface area (Å²) in [5, 5.41) is 9.99. The second kappa shape index (κ2) is 5.23. The number of amides is 2. The zero-order valence-corrected chi connectivity index (χ0v) is 10.5. The molecule has 2 aliphatic heterocycles. The van der Waals surface area contributed by atoms with Crippen molar-refractivity contribution >= 4 is 6.03 Å². The molecule has 98 valence electrons. The van der Waals surface area contributed by atoms with E-state index in [0.29, 0.717) is 39.3 Å². The molecule has 17 heavy (non-hydrogen) atoms. The number of nitrogens with zero attached hydrogens (tertiary/aromatic N) is 2. The third-order valence-electron chi connectivity index (χ3n) is 3.62. The lowest BCUT2D eigenvalue weighted by molar-refractivity contribution is 0.0371. The van der Waals surface area contributed by atoms with E-state index in [2.05, 4.69) is 0 Å². The first-order valence-corrected chi connectivity index (χ1v) is 6.42. The monoisotopic (exact) mass is 242 g/mol. The Morgan fingerprint density at radius 2 is 1.76 bits per heavy atom. The van der Waals surface area contributed by atoms with Crippen molar-refractivity contribution < 1.29 is 14.6 Å². The summed E-state index contributed by atoms with van der Waals surface area (Å²) in [5.41, 5.74) is -0.611. The van der Waals surface area contributed by atoms with Gasteiger partial charge in [-0.2, -0.15) is 0 Å². The molecule has 0 aromatic rings. The molecule has 5 nitrogen and oxygen atoms in total. The molecule has 2 heterocycles. The second-order valence-electron chi connectivity index (χ2n) is 5.22. The van der Waals surface area contributed by atoms with Gasteiger partial charge in [0.05, 0.1) is 18.8 Å². The number of hydrogen-bond donors (Lipinski definition) is 1. The van der Waals surface area contributed by atoms with Gasteiger partial charge in [0, 0.05) is 26.2 Å². The van der Waals surface area contributed by atoms with Crippen LogP contribution in [0, 0.1) is 0 Å². The van der Waals surface area contributed by atoms with Gasteiger partial charge in [0.2, 0.25) is 0 Å². The standard InChI is InChI=1S/C12H22N2O3/c1-12(16)3-2-5-13(6-4-12)11(15)14-7-9-17-10-8-14/h16H,2-10H2,1H3. The van der Waals surface area contributed by atoms with Gasteiger partial charge in [0.15, 0.2) is 0 Å². The fraction of sp³-hybridized carbons (Fsp3) is 0.917. The van der Waals surface area contributed by atoms with Crippen LogP contribution in [0.5, 0.6) is 0 Å². The zero-order chi connectivity index (χ0) is 12.3. The smallest absolute Gasteiger partial charge is 0.320 e. The highest BCUT2D eigenvalue weighted by Gasteiger charge is 2.29. The fourth-order valence-corrected chi connectivity index (χ4v) is 2.41. The third-order valence-corrected chi connectivity index (χ3v) is 3.62. The van der Waals surface area contributed by atoms with Crippen LogP contribution in [-0.4, -0.2) is 65.9 Å². The molecule has 2 fully saturated rings. The molecular weight excluding hydrogens is 220 g/mol. The fourth-order valence-electron chi connectivity index (χ4n) is 2.41. The summed E-state index contributed by atoms with van der Waals surface area (Å²) in [6.45, 7) is 5.91. The van der Waals surface area contributed by atoms with E-state index >= 15 is 0 Å². The topological polar surface area (TPSA) is 53.0 Å². The highest BCUT2D eigenvalue weighted by atomic mass is 16.5. The summed E-state index contributed by atoms with van der Waals surface area (Å²) in [6.07, 6.45) is 2.33. The summed E-state index contributed by atoms with van der Waals surface area (Å²) in [4.78, 5) is 16.0. The van der Waals surface area contributed by atoms with Crippen LogP contribution in [0.2, 0.25) is 0 Å². The van der Waals surface area contributed by atoms with Crippen molar-refractivity contribution in [3.05, 3.63) is 0 Å². The lowest BCUT2D eigenvalue weighted by atomic mass is 9.98. The molecule has 0 aromatic heterocycles. The Hall–Kier alpha value is -0.810. The van der Waals surface area contributed by atoms with Gasteiger partial charge in [-0.3, -0.25) is 0 Å². The molecular formula is C12H22N2O3. The van der Waals surface area contributed by atoms with Gasteiger partial charge in [-0.05, 0) is 26.2 Å². The predicted molar refractivity (Wildman–Crippen MR) is 63.8 cm³/mol. The van der Waals surface area contributed by atoms with Crippen LogP contribution in [0.3, 0.4) is 0 Å². The molecule has 2 rings (SSSR count). The molecule has 0 radical (unpaired) electrons. The molecule has 0 saturated carbocycles. The van der Waals surface area contributed by atoms with Gasteiger partial charge in [-0.1, -0.05) is 0 Å². The molecule has 1 N–H and O–H groups in total. The number of morpholine rings is 1. The maximum atomic E-state index is 12.2. The molecule has 0 aromatic carbocycles. The number of carbonyl (C=O) groups excluding carboxylic acids is 1. The minimum Gasteiger partial charge on any atom is -0.390 e. The van der Waals surface area contributed by atoms with Crippen molar-refractivity contribution in [2.45, 2.75) is 31.8 Å². The van der Waals surface area contributed by atoms with E-state index < -0.39 is 5.60 Å². The van der Waals surface area contributed by atoms with E-state index in [1.54, 1.807) is 0 Å². The molecule has 0 spiro atoms. The zero-order valence-electron chi connectivity index (χ0n) is 10.5. The SMILES string of the molecule is CC1(O)CCCN(C(=O)N2CCOCC2)CC1. The third kappa shape index (κ3) is 3.33. The normalized spacial score (nSPS) is 31.2. The van der Waals surface area contributed by atoms with E-state index in [9.17, 15) is 9.90 Å². The van der Waals surface area contributed by atoms with Crippen molar-refractivity contribution in [3.63, 3.8) is 0 Å². The molecule has 5 heteroatoms. The predicted octanol–water partition coefficient (Wildman–Crippen LogP) is 0.675. The minimum atomic E-state index is -0.611. The van der Waals surface area contributed by atoms with Crippen LogP contribution < -0.4 is 0 Å². The average Bonchev–Trinajstić information content (AvgIpc) is 2.50. The van der Waals surface area contributed by atoms with Gasteiger partial charge < -0.3 is 19.6 Å². The van der Waals surface area contributed by atoms with Crippen molar-refractivity contribution in [2.75, 3.05) is 39.4 Å². The number of ether oxygens (including phenoxy) is 1. The first-order valence-electron chi connectivity index (χ1n) is 6.42. The van der Waals surface area contributed by atoms with E-state index in [4.69, 9.17) is 4.74 Å². The Balaban J connectivity index is 1.90. The van der Waals surface area contributed by atoms with E-state index in [1.807, 2.05) is 16.7 Å². The van der Waals surface area contributed by atoms with Crippen LogP contribution in [0.4, 0.5) is 4.79 Å². The Labute approximate surface area is 102 Å². The summed E-state index contributed by atoms with van der Waals surface area (Å²) in [5.74, 6) is 0. The Morgan fingerprint density at radius 3 is 2.47 bits per heavy atom. The Bertz CT molecular complexity index is 275. The van der Waals surface area contributed by atoms with E-state index in [0.717, 1.165) is 19.4 Å². The minimum absolute atomic E-state index is 0.103. The number of rotatable bonds is 0. The Kier molecular flexibility index (Phi) is 3.89. The first-order chi connectivity index (χ1) is 8.08. The number of likely N-dealkylation sites (tertiary alicyclic amines) is 1. The molecule has 1 unspecified atom stereocenters. The summed E-state index contributed by atoms with van der Waals surface area (Å²) in [6, 6.07) is 0.103. The lowest BCUT2D eigenvalue weighted by Crippen LogP contribution is -2.48. The van der Waals surface area contributed by atoms with Gasteiger partial charge in [0.1, 0.15) is 0 Å². The summed E-state index contributed by atoms with van der Waals surface area (Å²) < 4.78 is 5.24. The van der Waals surface area contributed by atoms with Crippen LogP contribution in [0.15, 0.2) is 0 Å². The van der Waals surface area contributed by atoms with E-state index in [1.165, 1.54) is 0 Å². The van der Waals surface area contributed by atoms with Crippen LogP contribution >= 0.6 is 0 Å². The quantitative estimate of drug-likeness (QED) is 0.679. The van der Waals surface area contributed by atoms with Crippen molar-refractivity contribution in [2.24, 2.45) is 0 Å². The van der Waals surface area contributed by atoms with E-state index in [-0.39, 0.29) is 6.03 Å². The lowest BCUT2D eigenvalue weighted by Gasteiger charge is -2.32. The number of hydrogen-bond acceptors (Lipinski definition) is 3. The first kappa shape index (κ1) is 12.6. The molecule has 2 saturated heterocycles. The van der Waals surface area contributed by atoms with Crippen LogP contribution in [0.1, 0.15) is 26.2 Å². The van der Waals surface area contributed by atoms with Crippen molar-refractivity contribution in [1.29, 1.82) is 0 Å². The number of urea groups is 1. The Morgan fingerprint density at radius 1 is 1.12 bits per heavy atom. The molecule has 0 bridgehead atoms. The molecule has 1 atom stereocenters. The van der Waals surface area contributed by atoms with Gasteiger partial charge in [-0.25, -0.2) is 4.79 Å². The number of aliphatic hydroxyl groups is 1. The maximum Gasteiger partial charge on any atom is 0.320 e. The molecule has 0 aliphatic carbocycles. The largest absolute Gasteiger partial charge is 0.390 e. The average molecular weight is 242 g/mol. The molecule has 2 aliphatic rings. The highest BCUT2D eigenvalue weighted by Crippen LogP contribution is 2.22. The van der Waals surface area contributed by atoms with Gasteiger partial charge >= 0.3 is 6.03 Å². The highest BCUT2D eigenvalue weighted by molar-refractivity contribution is 5.74. The van der Waals surface area contributed by atoms with Gasteiger partial charge in [-0.15, -0.1) is 0 Å². The summed E-state index contributed by atoms with van der Waals surface area (Å²) in [7, 11) is 0. The van der Waals surface area contributed by atoms with Crippen molar-refractivity contribution in [3.8, 4) is 0 Å². The molecule has 2 amide bonds. The summed E-state index contributed by atoms with van der Waals surface area (Å²) >= 11 is 0. The van der Waals surface area contributed by atoms with Gasteiger partial charge in [0.25, 0.3) is 0 Å².